The Morgan fingerprint density at radius 3 is 2.70 bits per heavy atom. The molecule has 0 bridgehead atoms. The van der Waals surface area contributed by atoms with Crippen molar-refractivity contribution in [2.45, 2.75) is 0 Å². The summed E-state index contributed by atoms with van der Waals surface area (Å²) in [7, 11) is 2.27. The number of benzene rings is 1. The molecule has 10 heavy (non-hydrogen) atoms. The van der Waals surface area contributed by atoms with E-state index in [0.717, 1.165) is 0 Å². The second-order valence-electron chi connectivity index (χ2n) is 1.77. The first-order valence-electron chi connectivity index (χ1n) is 2.65. The fourth-order valence-electron chi connectivity index (χ4n) is 0.586. The largest absolute Gasteiger partial charge is 0.369 e. The first kappa shape index (κ1) is 7.77. The van der Waals surface area contributed by atoms with Gasteiger partial charge in [0, 0.05) is 5.69 Å². The number of rotatable bonds is 1. The molecule has 1 unspecified atom stereocenters. The Labute approximate surface area is 65.8 Å². The van der Waals surface area contributed by atoms with E-state index >= 15 is 0 Å². The van der Waals surface area contributed by atoms with E-state index in [-0.39, 0.29) is 5.02 Å². The monoisotopic (exact) mass is 177 g/mol. The van der Waals surface area contributed by atoms with Crippen molar-refractivity contribution >= 4 is 26.7 Å². The zero-order valence-electron chi connectivity index (χ0n) is 5.07. The Morgan fingerprint density at radius 1 is 1.50 bits per heavy atom. The first-order valence-corrected chi connectivity index (χ1v) is 3.61. The average molecular weight is 178 g/mol. The topological polar surface area (TPSA) is 12.0 Å². The summed E-state index contributed by atoms with van der Waals surface area (Å²) in [6, 6.07) is 4.52. The van der Waals surface area contributed by atoms with Gasteiger partial charge in [-0.25, -0.2) is 4.39 Å². The first-order chi connectivity index (χ1) is 4.74. The summed E-state index contributed by atoms with van der Waals surface area (Å²) in [6.07, 6.45) is 0. The van der Waals surface area contributed by atoms with E-state index in [2.05, 4.69) is 14.5 Å². The molecular formula is C6H6ClFNP. The van der Waals surface area contributed by atoms with Gasteiger partial charge in [0.1, 0.15) is 5.82 Å². The Bertz CT molecular complexity index is 241. The van der Waals surface area contributed by atoms with Crippen LogP contribution in [0.4, 0.5) is 10.1 Å². The van der Waals surface area contributed by atoms with Gasteiger partial charge in [0.25, 0.3) is 0 Å². The number of anilines is 1. The Hall–Kier alpha value is -0.330. The third-order valence-electron chi connectivity index (χ3n) is 1.09. The van der Waals surface area contributed by atoms with Crippen molar-refractivity contribution in [3.05, 3.63) is 29.0 Å². The van der Waals surface area contributed by atoms with Gasteiger partial charge in [-0.05, 0) is 27.6 Å². The maximum Gasteiger partial charge on any atom is 0.143 e. The standard InChI is InChI=1S/C6H6ClFNP/c7-5-2-1-4(9-10)3-6(5)8/h1-3,9H,10H2. The number of halogens is 2. The molecule has 0 radical (unpaired) electrons. The van der Waals surface area contributed by atoms with Crippen LogP contribution in [-0.2, 0) is 0 Å². The molecule has 1 aromatic carbocycles. The highest BCUT2D eigenvalue weighted by molar-refractivity contribution is 7.18. The van der Waals surface area contributed by atoms with E-state index in [0.29, 0.717) is 5.69 Å². The molecule has 0 saturated carbocycles. The predicted molar refractivity (Wildman–Crippen MR) is 44.7 cm³/mol. The summed E-state index contributed by atoms with van der Waals surface area (Å²) in [5.41, 5.74) is 0.687. The number of hydrogen-bond donors (Lipinski definition) is 1. The summed E-state index contributed by atoms with van der Waals surface area (Å²) < 4.78 is 12.6. The SMILES string of the molecule is Fc1cc(NP)ccc1Cl. The van der Waals surface area contributed by atoms with Crippen molar-refractivity contribution in [2.24, 2.45) is 0 Å². The van der Waals surface area contributed by atoms with Crippen LogP contribution in [0.25, 0.3) is 0 Å². The molecule has 0 aliphatic heterocycles. The van der Waals surface area contributed by atoms with Crippen LogP contribution in [0.5, 0.6) is 0 Å². The third-order valence-corrected chi connectivity index (χ3v) is 1.73. The lowest BCUT2D eigenvalue weighted by atomic mass is 10.3. The average Bonchev–Trinajstić information content (AvgIpc) is 1.95. The maximum atomic E-state index is 12.6. The Kier molecular flexibility index (Phi) is 2.47. The lowest BCUT2D eigenvalue weighted by Gasteiger charge is -1.98. The lowest BCUT2D eigenvalue weighted by Crippen LogP contribution is -1.81. The van der Waals surface area contributed by atoms with Gasteiger partial charge < -0.3 is 5.09 Å². The van der Waals surface area contributed by atoms with Crippen LogP contribution >= 0.6 is 21.0 Å². The van der Waals surface area contributed by atoms with Crippen LogP contribution in [0, 0.1) is 5.82 Å². The van der Waals surface area contributed by atoms with Gasteiger partial charge in [-0.1, -0.05) is 11.6 Å². The fraction of sp³-hybridized carbons (Fsp3) is 0. The fourth-order valence-corrected chi connectivity index (χ4v) is 0.883. The van der Waals surface area contributed by atoms with Crippen LogP contribution in [0.3, 0.4) is 0 Å². The molecule has 1 atom stereocenters. The van der Waals surface area contributed by atoms with E-state index in [4.69, 9.17) is 11.6 Å². The second kappa shape index (κ2) is 3.18. The van der Waals surface area contributed by atoms with Crippen molar-refractivity contribution in [1.82, 2.24) is 0 Å². The molecule has 0 spiro atoms. The van der Waals surface area contributed by atoms with Gasteiger partial charge >= 0.3 is 0 Å². The smallest absolute Gasteiger partial charge is 0.143 e. The Morgan fingerprint density at radius 2 is 2.20 bits per heavy atom. The molecule has 4 heteroatoms. The zero-order chi connectivity index (χ0) is 7.56. The Balaban J connectivity index is 3.04. The van der Waals surface area contributed by atoms with E-state index < -0.39 is 5.82 Å². The molecule has 1 N–H and O–H groups in total. The third kappa shape index (κ3) is 1.59. The highest BCUT2D eigenvalue weighted by atomic mass is 35.5. The molecule has 0 aliphatic carbocycles. The van der Waals surface area contributed by atoms with Crippen molar-refractivity contribution in [3.8, 4) is 0 Å². The minimum absolute atomic E-state index is 0.143. The van der Waals surface area contributed by atoms with E-state index in [9.17, 15) is 4.39 Å². The second-order valence-corrected chi connectivity index (χ2v) is 2.47. The molecule has 0 heterocycles. The number of hydrogen-bond acceptors (Lipinski definition) is 1. The molecule has 1 rings (SSSR count). The maximum absolute atomic E-state index is 12.6. The molecule has 1 nitrogen and oxygen atoms in total. The van der Waals surface area contributed by atoms with Crippen LogP contribution in [0.2, 0.25) is 5.02 Å². The minimum Gasteiger partial charge on any atom is -0.369 e. The van der Waals surface area contributed by atoms with Gasteiger partial charge in [-0.15, -0.1) is 0 Å². The summed E-state index contributed by atoms with van der Waals surface area (Å²) in [4.78, 5) is 0. The molecule has 0 saturated heterocycles. The van der Waals surface area contributed by atoms with Crippen molar-refractivity contribution in [2.75, 3.05) is 5.09 Å². The van der Waals surface area contributed by atoms with Gasteiger partial charge in [-0.2, -0.15) is 0 Å². The molecule has 0 fully saturated rings. The molecule has 0 aliphatic rings. The van der Waals surface area contributed by atoms with E-state index in [1.807, 2.05) is 0 Å². The minimum atomic E-state index is -0.408. The molecule has 0 amide bonds. The summed E-state index contributed by atoms with van der Waals surface area (Å²) in [5.74, 6) is -0.408. The van der Waals surface area contributed by atoms with Crippen molar-refractivity contribution < 1.29 is 4.39 Å². The van der Waals surface area contributed by atoms with Crippen LogP contribution < -0.4 is 5.09 Å². The molecule has 1 aromatic rings. The predicted octanol–water partition coefficient (Wildman–Crippen LogP) is 2.68. The summed E-state index contributed by atoms with van der Waals surface area (Å²) in [6.45, 7) is 0. The summed E-state index contributed by atoms with van der Waals surface area (Å²) in [5, 5.41) is 2.86. The van der Waals surface area contributed by atoms with Crippen LogP contribution in [0.1, 0.15) is 0 Å². The van der Waals surface area contributed by atoms with E-state index in [1.54, 1.807) is 6.07 Å². The summed E-state index contributed by atoms with van der Waals surface area (Å²) >= 11 is 5.43. The molecule has 0 aromatic heterocycles. The van der Waals surface area contributed by atoms with Crippen LogP contribution in [0.15, 0.2) is 18.2 Å². The number of nitrogens with one attached hydrogen (secondary N) is 1. The molecular weight excluding hydrogens is 171 g/mol. The highest BCUT2D eigenvalue weighted by Crippen LogP contribution is 2.19. The van der Waals surface area contributed by atoms with Crippen molar-refractivity contribution in [3.63, 3.8) is 0 Å². The van der Waals surface area contributed by atoms with Gasteiger partial charge in [0.15, 0.2) is 0 Å². The highest BCUT2D eigenvalue weighted by Gasteiger charge is 1.97. The normalized spacial score (nSPS) is 9.50. The lowest BCUT2D eigenvalue weighted by molar-refractivity contribution is 0.629. The zero-order valence-corrected chi connectivity index (χ0v) is 6.98. The van der Waals surface area contributed by atoms with Crippen molar-refractivity contribution in [1.29, 1.82) is 0 Å². The van der Waals surface area contributed by atoms with Crippen LogP contribution in [-0.4, -0.2) is 0 Å². The molecule has 54 valence electrons. The van der Waals surface area contributed by atoms with Gasteiger partial charge in [-0.3, -0.25) is 0 Å². The van der Waals surface area contributed by atoms with Gasteiger partial charge in [0.05, 0.1) is 5.02 Å². The van der Waals surface area contributed by atoms with E-state index in [1.165, 1.54) is 12.1 Å². The van der Waals surface area contributed by atoms with Gasteiger partial charge in [0.2, 0.25) is 0 Å². The quantitative estimate of drug-likeness (QED) is 0.651.